The lowest BCUT2D eigenvalue weighted by Crippen LogP contribution is -2.13. The molecule has 1 N–H and O–H groups in total. The minimum atomic E-state index is -0.520. The van der Waals surface area contributed by atoms with E-state index in [-0.39, 0.29) is 18.0 Å². The van der Waals surface area contributed by atoms with E-state index in [4.69, 9.17) is 4.74 Å². The van der Waals surface area contributed by atoms with Crippen molar-refractivity contribution < 1.29 is 14.5 Å². The van der Waals surface area contributed by atoms with Gasteiger partial charge in [-0.25, -0.2) is 4.98 Å². The SMILES string of the molecule is CCOc1ccc2nc(NCC(=O)c3cccc([N+](=O)[O-])c3)sc2c1. The van der Waals surface area contributed by atoms with Crippen LogP contribution in [0.15, 0.2) is 42.5 Å². The maximum absolute atomic E-state index is 12.2. The molecule has 0 saturated heterocycles. The van der Waals surface area contributed by atoms with Gasteiger partial charge < -0.3 is 10.1 Å². The molecule has 0 aliphatic heterocycles. The highest BCUT2D eigenvalue weighted by atomic mass is 32.1. The van der Waals surface area contributed by atoms with Crippen LogP contribution in [-0.2, 0) is 0 Å². The summed E-state index contributed by atoms with van der Waals surface area (Å²) < 4.78 is 6.41. The third-order valence-corrected chi connectivity index (χ3v) is 4.43. The average Bonchev–Trinajstić information content (AvgIpc) is 3.02. The Morgan fingerprint density at radius 1 is 1.32 bits per heavy atom. The van der Waals surface area contributed by atoms with Crippen LogP contribution in [0.2, 0.25) is 0 Å². The number of aromatic nitrogens is 1. The maximum Gasteiger partial charge on any atom is 0.270 e. The first-order chi connectivity index (χ1) is 12.1. The van der Waals surface area contributed by atoms with Gasteiger partial charge in [-0.2, -0.15) is 0 Å². The molecular formula is C17H15N3O4S. The number of hydrogen-bond donors (Lipinski definition) is 1. The summed E-state index contributed by atoms with van der Waals surface area (Å²) in [6, 6.07) is 11.3. The van der Waals surface area contributed by atoms with E-state index >= 15 is 0 Å². The molecular weight excluding hydrogens is 342 g/mol. The Labute approximate surface area is 147 Å². The second-order valence-electron chi connectivity index (χ2n) is 5.17. The van der Waals surface area contributed by atoms with Crippen LogP contribution in [-0.4, -0.2) is 28.8 Å². The van der Waals surface area contributed by atoms with Crippen molar-refractivity contribution in [1.29, 1.82) is 0 Å². The van der Waals surface area contributed by atoms with Crippen LogP contribution in [0.5, 0.6) is 5.75 Å². The fourth-order valence-corrected chi connectivity index (χ4v) is 3.18. The van der Waals surface area contributed by atoms with E-state index in [0.717, 1.165) is 16.0 Å². The molecule has 3 rings (SSSR count). The highest BCUT2D eigenvalue weighted by molar-refractivity contribution is 7.22. The molecule has 7 nitrogen and oxygen atoms in total. The Morgan fingerprint density at radius 3 is 2.92 bits per heavy atom. The molecule has 128 valence electrons. The topological polar surface area (TPSA) is 94.4 Å². The number of anilines is 1. The predicted molar refractivity (Wildman–Crippen MR) is 96.7 cm³/mol. The van der Waals surface area contributed by atoms with Crippen LogP contribution in [0.4, 0.5) is 10.8 Å². The van der Waals surface area contributed by atoms with Crippen LogP contribution in [0.3, 0.4) is 0 Å². The molecule has 0 aliphatic carbocycles. The number of nitrogens with one attached hydrogen (secondary N) is 1. The largest absolute Gasteiger partial charge is 0.494 e. The number of nitro groups is 1. The third kappa shape index (κ3) is 3.92. The van der Waals surface area contributed by atoms with Crippen LogP contribution >= 0.6 is 11.3 Å². The molecule has 0 spiro atoms. The fraction of sp³-hybridized carbons (Fsp3) is 0.176. The summed E-state index contributed by atoms with van der Waals surface area (Å²) in [5.74, 6) is 0.538. The number of carbonyl (C=O) groups excluding carboxylic acids is 1. The summed E-state index contributed by atoms with van der Waals surface area (Å²) in [7, 11) is 0. The van der Waals surface area contributed by atoms with Crippen molar-refractivity contribution in [2.24, 2.45) is 0 Å². The Morgan fingerprint density at radius 2 is 2.16 bits per heavy atom. The lowest BCUT2D eigenvalue weighted by atomic mass is 10.1. The van der Waals surface area contributed by atoms with Gasteiger partial charge in [-0.05, 0) is 25.1 Å². The second kappa shape index (κ2) is 7.27. The summed E-state index contributed by atoms with van der Waals surface area (Å²) in [4.78, 5) is 26.9. The number of thiazole rings is 1. The molecule has 1 aromatic heterocycles. The van der Waals surface area contributed by atoms with Crippen LogP contribution in [0.25, 0.3) is 10.2 Å². The minimum Gasteiger partial charge on any atom is -0.494 e. The standard InChI is InChI=1S/C17H15N3O4S/c1-2-24-13-6-7-14-16(9-13)25-17(19-14)18-10-15(21)11-4-3-5-12(8-11)20(22)23/h3-9H,2,10H2,1H3,(H,18,19). The molecule has 0 atom stereocenters. The Balaban J connectivity index is 1.70. The first-order valence-electron chi connectivity index (χ1n) is 7.61. The van der Waals surface area contributed by atoms with Crippen molar-refractivity contribution in [3.63, 3.8) is 0 Å². The van der Waals surface area contributed by atoms with Gasteiger partial charge in [0.15, 0.2) is 10.9 Å². The van der Waals surface area contributed by atoms with Crippen molar-refractivity contribution in [2.75, 3.05) is 18.5 Å². The number of nitrogens with zero attached hydrogens (tertiary/aromatic N) is 2. The van der Waals surface area contributed by atoms with Crippen LogP contribution in [0, 0.1) is 10.1 Å². The molecule has 3 aromatic rings. The molecule has 0 bridgehead atoms. The first-order valence-corrected chi connectivity index (χ1v) is 8.43. The van der Waals surface area contributed by atoms with E-state index in [1.807, 2.05) is 25.1 Å². The Kier molecular flexibility index (Phi) is 4.90. The molecule has 1 heterocycles. The van der Waals surface area contributed by atoms with Gasteiger partial charge in [-0.3, -0.25) is 14.9 Å². The Hall–Kier alpha value is -3.00. The van der Waals surface area contributed by atoms with Crippen molar-refractivity contribution >= 4 is 38.2 Å². The van der Waals surface area contributed by atoms with E-state index in [1.165, 1.54) is 29.5 Å². The molecule has 0 amide bonds. The normalized spacial score (nSPS) is 10.6. The van der Waals surface area contributed by atoms with Gasteiger partial charge in [0, 0.05) is 17.7 Å². The van der Waals surface area contributed by atoms with Crippen molar-refractivity contribution in [1.82, 2.24) is 4.98 Å². The van der Waals surface area contributed by atoms with Gasteiger partial charge in [0.2, 0.25) is 0 Å². The molecule has 0 saturated carbocycles. The second-order valence-corrected chi connectivity index (χ2v) is 6.20. The first kappa shape index (κ1) is 16.8. The number of non-ortho nitro benzene ring substituents is 1. The van der Waals surface area contributed by atoms with Gasteiger partial charge in [-0.1, -0.05) is 23.5 Å². The minimum absolute atomic E-state index is 0.0132. The molecule has 0 fully saturated rings. The number of ketones is 1. The van der Waals surface area contributed by atoms with Crippen molar-refractivity contribution in [3.05, 3.63) is 58.1 Å². The number of Topliss-reactive ketones (excluding diaryl/α,β-unsaturated/α-hetero) is 1. The zero-order chi connectivity index (χ0) is 17.8. The van der Waals surface area contributed by atoms with Gasteiger partial charge in [-0.15, -0.1) is 0 Å². The van der Waals surface area contributed by atoms with Gasteiger partial charge >= 0.3 is 0 Å². The summed E-state index contributed by atoms with van der Waals surface area (Å²) in [5.41, 5.74) is 1.01. The third-order valence-electron chi connectivity index (χ3n) is 3.45. The summed E-state index contributed by atoms with van der Waals surface area (Å²) >= 11 is 1.42. The number of hydrogen-bond acceptors (Lipinski definition) is 7. The lowest BCUT2D eigenvalue weighted by Gasteiger charge is -2.02. The zero-order valence-corrected chi connectivity index (χ0v) is 14.2. The summed E-state index contributed by atoms with van der Waals surface area (Å²) in [6.45, 7) is 2.52. The van der Waals surface area contributed by atoms with Crippen molar-refractivity contribution in [2.45, 2.75) is 6.92 Å². The van der Waals surface area contributed by atoms with E-state index in [9.17, 15) is 14.9 Å². The summed E-state index contributed by atoms with van der Waals surface area (Å²) in [5, 5.41) is 14.4. The molecule has 0 aliphatic rings. The zero-order valence-electron chi connectivity index (χ0n) is 13.4. The fourth-order valence-electron chi connectivity index (χ4n) is 2.29. The van der Waals surface area contributed by atoms with Crippen molar-refractivity contribution in [3.8, 4) is 5.75 Å². The van der Waals surface area contributed by atoms with E-state index in [2.05, 4.69) is 10.3 Å². The molecule has 25 heavy (non-hydrogen) atoms. The van der Waals surface area contributed by atoms with Crippen LogP contribution in [0.1, 0.15) is 17.3 Å². The quantitative estimate of drug-likeness (QED) is 0.391. The highest BCUT2D eigenvalue weighted by Crippen LogP contribution is 2.29. The molecule has 0 radical (unpaired) electrons. The number of rotatable bonds is 7. The van der Waals surface area contributed by atoms with E-state index < -0.39 is 4.92 Å². The number of nitro benzene ring substituents is 1. The van der Waals surface area contributed by atoms with Gasteiger partial charge in [0.05, 0.1) is 28.3 Å². The molecule has 8 heteroatoms. The highest BCUT2D eigenvalue weighted by Gasteiger charge is 2.12. The smallest absolute Gasteiger partial charge is 0.270 e. The number of carbonyl (C=O) groups is 1. The van der Waals surface area contributed by atoms with Crippen LogP contribution < -0.4 is 10.1 Å². The number of benzene rings is 2. The molecule has 0 unspecified atom stereocenters. The van der Waals surface area contributed by atoms with E-state index in [1.54, 1.807) is 6.07 Å². The average molecular weight is 357 g/mol. The number of fused-ring (bicyclic) bond motifs is 1. The van der Waals surface area contributed by atoms with E-state index in [0.29, 0.717) is 17.3 Å². The predicted octanol–water partition coefficient (Wildman–Crippen LogP) is 3.90. The molecule has 2 aromatic carbocycles. The Bertz CT molecular complexity index is 939. The van der Waals surface area contributed by atoms with Gasteiger partial charge in [0.25, 0.3) is 5.69 Å². The lowest BCUT2D eigenvalue weighted by molar-refractivity contribution is -0.384. The number of ether oxygens (including phenoxy) is 1. The monoisotopic (exact) mass is 357 g/mol. The van der Waals surface area contributed by atoms with Gasteiger partial charge in [0.1, 0.15) is 5.75 Å². The maximum atomic E-state index is 12.2. The summed E-state index contributed by atoms with van der Waals surface area (Å²) in [6.07, 6.45) is 0.